The van der Waals surface area contributed by atoms with Gasteiger partial charge in [0.25, 0.3) is 0 Å². The van der Waals surface area contributed by atoms with E-state index in [1.54, 1.807) is 36.9 Å². The van der Waals surface area contributed by atoms with E-state index in [-0.39, 0.29) is 0 Å². The van der Waals surface area contributed by atoms with Gasteiger partial charge in [0.2, 0.25) is 0 Å². The van der Waals surface area contributed by atoms with Gasteiger partial charge in [-0.3, -0.25) is 0 Å². The Balaban J connectivity index is 1.11. The number of hydrogen-bond acceptors (Lipinski definition) is 8. The number of ether oxygens (including phenoxy) is 2. The van der Waals surface area contributed by atoms with Crippen LogP contribution in [0.1, 0.15) is 22.3 Å². The maximum atomic E-state index is 5.35. The third kappa shape index (κ3) is 7.14. The van der Waals surface area contributed by atoms with Gasteiger partial charge in [0.1, 0.15) is 11.5 Å². The minimum Gasteiger partial charge on any atom is -0.497 e. The Kier molecular flexibility index (Phi) is 9.81. The summed E-state index contributed by atoms with van der Waals surface area (Å²) in [5, 5.41) is 4.30. The summed E-state index contributed by atoms with van der Waals surface area (Å²) in [4.78, 5) is 13.0. The molecule has 6 aromatic heterocycles. The smallest absolute Gasteiger partial charge is 0.118 e. The van der Waals surface area contributed by atoms with Gasteiger partial charge < -0.3 is 9.47 Å². The molecule has 8 aromatic rings. The summed E-state index contributed by atoms with van der Waals surface area (Å²) < 4.78 is 10.7. The van der Waals surface area contributed by atoms with E-state index in [4.69, 9.17) is 9.47 Å². The van der Waals surface area contributed by atoms with Crippen LogP contribution >= 0.6 is 68.0 Å². The Morgan fingerprint density at radius 3 is 1.20 bits per heavy atom. The molecule has 246 valence electrons. The minimum atomic E-state index is 0.865. The van der Waals surface area contributed by atoms with Gasteiger partial charge >= 0.3 is 0 Å². The summed E-state index contributed by atoms with van der Waals surface area (Å²) in [6.07, 6.45) is 8.87. The molecule has 0 saturated carbocycles. The second kappa shape index (κ2) is 14.9. The molecule has 0 saturated heterocycles. The third-order valence-corrected chi connectivity index (χ3v) is 15.3. The van der Waals surface area contributed by atoms with Crippen LogP contribution in [0.3, 0.4) is 0 Å². The molecule has 0 spiro atoms. The van der Waals surface area contributed by atoms with Crippen molar-refractivity contribution in [1.82, 2.24) is 0 Å². The van der Waals surface area contributed by atoms with Gasteiger partial charge in [0.15, 0.2) is 0 Å². The fourth-order valence-electron chi connectivity index (χ4n) is 5.51. The normalized spacial score (nSPS) is 11.6. The lowest BCUT2D eigenvalue weighted by Crippen LogP contribution is -1.81. The van der Waals surface area contributed by atoms with Crippen LogP contribution in [-0.2, 0) is 0 Å². The van der Waals surface area contributed by atoms with Crippen molar-refractivity contribution in [2.24, 2.45) is 0 Å². The first-order valence-electron chi connectivity index (χ1n) is 15.8. The molecule has 6 heterocycles. The van der Waals surface area contributed by atoms with Gasteiger partial charge in [-0.25, -0.2) is 0 Å². The number of hydrogen-bond donors (Lipinski definition) is 0. The zero-order valence-electron chi connectivity index (χ0n) is 27.1. The first kappa shape index (κ1) is 32.9. The third-order valence-electron chi connectivity index (χ3n) is 8.09. The fraction of sp³-hybridized carbons (Fsp3) is 0.0476. The number of thiophene rings is 6. The summed E-state index contributed by atoms with van der Waals surface area (Å²) in [6, 6.07) is 38.9. The maximum absolute atomic E-state index is 5.35. The predicted molar refractivity (Wildman–Crippen MR) is 225 cm³/mol. The topological polar surface area (TPSA) is 18.5 Å². The summed E-state index contributed by atoms with van der Waals surface area (Å²) in [5.74, 6) is 1.73. The Bertz CT molecular complexity index is 2210. The second-order valence-electron chi connectivity index (χ2n) is 11.3. The van der Waals surface area contributed by atoms with E-state index in [0.29, 0.717) is 0 Å². The van der Waals surface area contributed by atoms with Gasteiger partial charge in [-0.15, -0.1) is 68.0 Å². The molecule has 0 radical (unpaired) electrons. The zero-order chi connectivity index (χ0) is 33.9. The van der Waals surface area contributed by atoms with Gasteiger partial charge in [0, 0.05) is 39.0 Å². The van der Waals surface area contributed by atoms with Crippen molar-refractivity contribution < 1.29 is 9.47 Å². The standard InChI is InChI=1S/C42H30O2S6/c1-43-31-15-9-27(10-16-31)7-13-29-25-39(33-5-3-23-45-33)49-41(29)37-21-19-35(47-37)36-20-22-38(48-36)42-30(26-40(50-42)34-6-4-24-46-34)14-8-28-11-17-32(44-2)18-12-28/h3-26H,1-2H3/b13-7+,14-8+. The molecule has 0 N–H and O–H groups in total. The summed E-state index contributed by atoms with van der Waals surface area (Å²) >= 11 is 11.1. The first-order valence-corrected chi connectivity index (χ1v) is 20.9. The van der Waals surface area contributed by atoms with Crippen LogP contribution in [0.25, 0.3) is 73.1 Å². The highest BCUT2D eigenvalue weighted by atomic mass is 32.1. The molecule has 0 aliphatic carbocycles. The van der Waals surface area contributed by atoms with Gasteiger partial charge in [0.05, 0.1) is 24.0 Å². The van der Waals surface area contributed by atoms with Crippen molar-refractivity contribution in [3.63, 3.8) is 0 Å². The number of methoxy groups -OCH3 is 2. The Hall–Kier alpha value is -4.28. The molecule has 0 amide bonds. The van der Waals surface area contributed by atoms with Crippen molar-refractivity contribution >= 4 is 92.3 Å². The highest BCUT2D eigenvalue weighted by molar-refractivity contribution is 7.30. The van der Waals surface area contributed by atoms with Crippen molar-refractivity contribution in [2.75, 3.05) is 14.2 Å². The average Bonchev–Trinajstić information content (AvgIpc) is 3.99. The molecule has 2 aromatic carbocycles. The largest absolute Gasteiger partial charge is 0.497 e. The zero-order valence-corrected chi connectivity index (χ0v) is 32.0. The Labute approximate surface area is 316 Å². The SMILES string of the molecule is COc1ccc(/C=C/c2cc(-c3cccs3)sc2-c2ccc(-c3ccc(-c4sc(-c5cccs5)cc4/C=C/c4ccc(OC)cc4)s3)s2)cc1. The van der Waals surface area contributed by atoms with Crippen molar-refractivity contribution in [3.8, 4) is 60.3 Å². The summed E-state index contributed by atoms with van der Waals surface area (Å²) in [7, 11) is 3.40. The monoisotopic (exact) mass is 758 g/mol. The van der Waals surface area contributed by atoms with Gasteiger partial charge in [-0.1, -0.05) is 60.7 Å². The lowest BCUT2D eigenvalue weighted by Gasteiger charge is -2.00. The summed E-state index contributed by atoms with van der Waals surface area (Å²) in [5.41, 5.74) is 4.77. The first-order chi connectivity index (χ1) is 24.6. The van der Waals surface area contributed by atoms with Crippen LogP contribution in [0.2, 0.25) is 0 Å². The highest BCUT2D eigenvalue weighted by Gasteiger charge is 2.17. The van der Waals surface area contributed by atoms with E-state index in [0.717, 1.165) is 22.6 Å². The van der Waals surface area contributed by atoms with Crippen LogP contribution in [0.15, 0.2) is 120 Å². The van der Waals surface area contributed by atoms with Crippen LogP contribution in [-0.4, -0.2) is 14.2 Å². The van der Waals surface area contributed by atoms with Crippen LogP contribution in [0, 0.1) is 0 Å². The predicted octanol–water partition coefficient (Wildman–Crippen LogP) is 14.7. The van der Waals surface area contributed by atoms with E-state index in [1.165, 1.54) is 59.9 Å². The molecule has 8 rings (SSSR count). The molecule has 0 aliphatic heterocycles. The van der Waals surface area contributed by atoms with E-state index in [9.17, 15) is 0 Å². The Morgan fingerprint density at radius 2 is 0.820 bits per heavy atom. The molecular formula is C42H30O2S6. The number of rotatable bonds is 11. The maximum Gasteiger partial charge on any atom is 0.118 e. The average molecular weight is 759 g/mol. The van der Waals surface area contributed by atoms with Gasteiger partial charge in [-0.05, 0) is 106 Å². The van der Waals surface area contributed by atoms with Gasteiger partial charge in [-0.2, -0.15) is 0 Å². The van der Waals surface area contributed by atoms with E-state index < -0.39 is 0 Å². The van der Waals surface area contributed by atoms with E-state index in [1.807, 2.05) is 69.6 Å². The van der Waals surface area contributed by atoms with Crippen molar-refractivity contribution in [3.05, 3.63) is 142 Å². The molecule has 2 nitrogen and oxygen atoms in total. The quantitative estimate of drug-likeness (QED) is 0.131. The van der Waals surface area contributed by atoms with Crippen molar-refractivity contribution in [1.29, 1.82) is 0 Å². The summed E-state index contributed by atoms with van der Waals surface area (Å²) in [6.45, 7) is 0. The second-order valence-corrected chi connectivity index (χ2v) is 17.5. The van der Waals surface area contributed by atoms with Crippen LogP contribution in [0.5, 0.6) is 11.5 Å². The van der Waals surface area contributed by atoms with Crippen LogP contribution < -0.4 is 9.47 Å². The molecule has 8 heteroatoms. The van der Waals surface area contributed by atoms with Crippen LogP contribution in [0.4, 0.5) is 0 Å². The van der Waals surface area contributed by atoms with Crippen molar-refractivity contribution in [2.45, 2.75) is 0 Å². The number of benzene rings is 2. The molecule has 0 unspecified atom stereocenters. The lowest BCUT2D eigenvalue weighted by atomic mass is 10.1. The molecule has 0 aliphatic rings. The molecule has 0 atom stereocenters. The Morgan fingerprint density at radius 1 is 0.400 bits per heavy atom. The van der Waals surface area contributed by atoms with E-state index >= 15 is 0 Å². The fourth-order valence-corrected chi connectivity index (χ4v) is 11.8. The molecule has 0 fully saturated rings. The van der Waals surface area contributed by atoms with E-state index in [2.05, 4.69) is 120 Å². The molecule has 0 bridgehead atoms. The highest BCUT2D eigenvalue weighted by Crippen LogP contribution is 2.48. The minimum absolute atomic E-state index is 0.865. The molecule has 50 heavy (non-hydrogen) atoms. The lowest BCUT2D eigenvalue weighted by molar-refractivity contribution is 0.414. The molecular weight excluding hydrogens is 729 g/mol.